The van der Waals surface area contributed by atoms with Crippen LogP contribution in [0.2, 0.25) is 0 Å². The lowest BCUT2D eigenvalue weighted by Gasteiger charge is -2.14. The molecule has 4 rings (SSSR count). The molecule has 0 saturated carbocycles. The Morgan fingerprint density at radius 1 is 0.643 bits per heavy atom. The molecule has 5 heteroatoms. The lowest BCUT2D eigenvalue weighted by molar-refractivity contribution is 0.988. The molecule has 0 unspecified atom stereocenters. The van der Waals surface area contributed by atoms with Crippen molar-refractivity contribution in [3.05, 3.63) is 77.1 Å². The number of hydrogen-bond acceptors (Lipinski definition) is 5. The molecule has 0 fully saturated rings. The number of anilines is 4. The van der Waals surface area contributed by atoms with Crippen LogP contribution in [0.15, 0.2) is 54.6 Å². The SMILES string of the molecule is Cc1cc(C)c(Nc2nc(C)nc(Nc3ccc4ccccc4c3)n2)c(C)c1. The van der Waals surface area contributed by atoms with Gasteiger partial charge < -0.3 is 10.6 Å². The second kappa shape index (κ2) is 7.27. The summed E-state index contributed by atoms with van der Waals surface area (Å²) >= 11 is 0. The molecule has 0 aliphatic heterocycles. The summed E-state index contributed by atoms with van der Waals surface area (Å²) in [6.07, 6.45) is 0. The van der Waals surface area contributed by atoms with Crippen LogP contribution in [0.5, 0.6) is 0 Å². The number of hydrogen-bond donors (Lipinski definition) is 2. The van der Waals surface area contributed by atoms with E-state index in [4.69, 9.17) is 0 Å². The molecule has 0 aliphatic carbocycles. The normalized spacial score (nSPS) is 10.9. The average Bonchev–Trinajstić information content (AvgIpc) is 2.64. The van der Waals surface area contributed by atoms with Crippen molar-refractivity contribution in [2.45, 2.75) is 27.7 Å². The lowest BCUT2D eigenvalue weighted by Crippen LogP contribution is -2.07. The topological polar surface area (TPSA) is 62.7 Å². The molecule has 5 nitrogen and oxygen atoms in total. The van der Waals surface area contributed by atoms with Crippen LogP contribution in [-0.4, -0.2) is 15.0 Å². The molecule has 0 spiro atoms. The lowest BCUT2D eigenvalue weighted by atomic mass is 10.1. The van der Waals surface area contributed by atoms with Gasteiger partial charge in [-0.05, 0) is 61.7 Å². The summed E-state index contributed by atoms with van der Waals surface area (Å²) in [5.41, 5.74) is 5.55. The molecule has 140 valence electrons. The quantitative estimate of drug-likeness (QED) is 0.480. The highest BCUT2D eigenvalue weighted by Gasteiger charge is 2.09. The third-order valence-electron chi connectivity index (χ3n) is 4.67. The van der Waals surface area contributed by atoms with Crippen molar-refractivity contribution < 1.29 is 0 Å². The van der Waals surface area contributed by atoms with E-state index in [1.54, 1.807) is 0 Å². The van der Waals surface area contributed by atoms with E-state index in [0.717, 1.165) is 11.4 Å². The fraction of sp³-hybridized carbons (Fsp3) is 0.174. The standard InChI is InChI=1S/C23H23N5/c1-14-11-15(2)21(16(3)12-14)27-23-25-17(4)24-22(28-23)26-20-10-9-18-7-5-6-8-19(18)13-20/h5-13H,1-4H3,(H2,24,25,26,27,28). The number of benzene rings is 3. The maximum absolute atomic E-state index is 4.56. The van der Waals surface area contributed by atoms with Gasteiger partial charge in [0.2, 0.25) is 11.9 Å². The zero-order valence-corrected chi connectivity index (χ0v) is 16.5. The maximum atomic E-state index is 4.56. The van der Waals surface area contributed by atoms with Crippen molar-refractivity contribution in [1.82, 2.24) is 15.0 Å². The molecule has 0 amide bonds. The van der Waals surface area contributed by atoms with Gasteiger partial charge >= 0.3 is 0 Å². The molecular formula is C23H23N5. The number of rotatable bonds is 4. The minimum atomic E-state index is 0.521. The molecule has 2 N–H and O–H groups in total. The predicted octanol–water partition coefficient (Wildman–Crippen LogP) is 5.75. The average molecular weight is 369 g/mol. The Kier molecular flexibility index (Phi) is 4.65. The van der Waals surface area contributed by atoms with Gasteiger partial charge in [-0.25, -0.2) is 0 Å². The summed E-state index contributed by atoms with van der Waals surface area (Å²) in [6, 6.07) is 18.8. The van der Waals surface area contributed by atoms with Crippen LogP contribution in [0.25, 0.3) is 10.8 Å². The smallest absolute Gasteiger partial charge is 0.232 e. The number of nitrogens with one attached hydrogen (secondary N) is 2. The Balaban J connectivity index is 1.63. The van der Waals surface area contributed by atoms with E-state index in [9.17, 15) is 0 Å². The third kappa shape index (κ3) is 3.78. The van der Waals surface area contributed by atoms with Crippen molar-refractivity contribution in [2.24, 2.45) is 0 Å². The fourth-order valence-corrected chi connectivity index (χ4v) is 3.48. The zero-order valence-electron chi connectivity index (χ0n) is 16.5. The Labute approximate surface area is 164 Å². The van der Waals surface area contributed by atoms with Crippen molar-refractivity contribution in [2.75, 3.05) is 10.6 Å². The third-order valence-corrected chi connectivity index (χ3v) is 4.67. The first-order valence-electron chi connectivity index (χ1n) is 9.31. The van der Waals surface area contributed by atoms with Gasteiger partial charge in [-0.1, -0.05) is 48.0 Å². The van der Waals surface area contributed by atoms with Crippen molar-refractivity contribution in [1.29, 1.82) is 0 Å². The molecule has 4 aromatic rings. The molecule has 0 aliphatic rings. The first kappa shape index (κ1) is 17.9. The van der Waals surface area contributed by atoms with Gasteiger partial charge in [-0.2, -0.15) is 15.0 Å². The van der Waals surface area contributed by atoms with Crippen LogP contribution in [0.3, 0.4) is 0 Å². The first-order valence-corrected chi connectivity index (χ1v) is 9.31. The van der Waals surface area contributed by atoms with Crippen molar-refractivity contribution >= 4 is 34.0 Å². The van der Waals surface area contributed by atoms with Gasteiger partial charge in [-0.3, -0.25) is 0 Å². The second-order valence-corrected chi connectivity index (χ2v) is 7.12. The maximum Gasteiger partial charge on any atom is 0.232 e. The van der Waals surface area contributed by atoms with Gasteiger partial charge in [-0.15, -0.1) is 0 Å². The van der Waals surface area contributed by atoms with E-state index in [1.807, 2.05) is 25.1 Å². The van der Waals surface area contributed by atoms with Crippen molar-refractivity contribution in [3.8, 4) is 0 Å². The molecule has 1 aromatic heterocycles. The molecule has 0 radical (unpaired) electrons. The van der Waals surface area contributed by atoms with Gasteiger partial charge in [0.1, 0.15) is 5.82 Å². The van der Waals surface area contributed by atoms with Gasteiger partial charge in [0.15, 0.2) is 0 Å². The fourth-order valence-electron chi connectivity index (χ4n) is 3.48. The summed E-state index contributed by atoms with van der Waals surface area (Å²) in [5.74, 6) is 1.71. The number of nitrogens with zero attached hydrogens (tertiary/aromatic N) is 3. The van der Waals surface area contributed by atoms with Crippen LogP contribution in [0.4, 0.5) is 23.3 Å². The van der Waals surface area contributed by atoms with Gasteiger partial charge in [0.25, 0.3) is 0 Å². The Morgan fingerprint density at radius 3 is 2.00 bits per heavy atom. The van der Waals surface area contributed by atoms with E-state index in [-0.39, 0.29) is 0 Å². The van der Waals surface area contributed by atoms with Crippen LogP contribution >= 0.6 is 0 Å². The van der Waals surface area contributed by atoms with E-state index in [0.29, 0.717) is 17.7 Å². The first-order chi connectivity index (χ1) is 13.5. The van der Waals surface area contributed by atoms with E-state index in [1.165, 1.54) is 27.5 Å². The van der Waals surface area contributed by atoms with E-state index >= 15 is 0 Å². The van der Waals surface area contributed by atoms with Crippen molar-refractivity contribution in [3.63, 3.8) is 0 Å². The minimum absolute atomic E-state index is 0.521. The summed E-state index contributed by atoms with van der Waals surface area (Å²) in [6.45, 7) is 8.14. The van der Waals surface area contributed by atoms with E-state index in [2.05, 4.69) is 82.8 Å². The van der Waals surface area contributed by atoms with E-state index < -0.39 is 0 Å². The van der Waals surface area contributed by atoms with Gasteiger partial charge in [0.05, 0.1) is 0 Å². The monoisotopic (exact) mass is 369 g/mol. The molecule has 28 heavy (non-hydrogen) atoms. The summed E-state index contributed by atoms with van der Waals surface area (Å²) in [5, 5.41) is 9.03. The summed E-state index contributed by atoms with van der Waals surface area (Å²) in [7, 11) is 0. The highest BCUT2D eigenvalue weighted by atomic mass is 15.2. The highest BCUT2D eigenvalue weighted by molar-refractivity contribution is 5.86. The zero-order chi connectivity index (χ0) is 19.7. The Hall–Kier alpha value is -3.47. The summed E-state index contributed by atoms with van der Waals surface area (Å²) in [4.78, 5) is 13.5. The minimum Gasteiger partial charge on any atom is -0.324 e. The summed E-state index contributed by atoms with van der Waals surface area (Å²) < 4.78 is 0. The number of aromatic nitrogens is 3. The van der Waals surface area contributed by atoms with Crippen LogP contribution < -0.4 is 10.6 Å². The number of fused-ring (bicyclic) bond motifs is 1. The van der Waals surface area contributed by atoms with Gasteiger partial charge in [0, 0.05) is 11.4 Å². The molecular weight excluding hydrogens is 346 g/mol. The van der Waals surface area contributed by atoms with Crippen LogP contribution in [-0.2, 0) is 0 Å². The largest absolute Gasteiger partial charge is 0.324 e. The molecule has 0 atom stereocenters. The second-order valence-electron chi connectivity index (χ2n) is 7.12. The molecule has 3 aromatic carbocycles. The molecule has 1 heterocycles. The van der Waals surface area contributed by atoms with Crippen LogP contribution in [0.1, 0.15) is 22.5 Å². The Morgan fingerprint density at radius 2 is 1.29 bits per heavy atom. The number of aryl methyl sites for hydroxylation is 4. The Bertz CT molecular complexity index is 1140. The molecule has 0 saturated heterocycles. The highest BCUT2D eigenvalue weighted by Crippen LogP contribution is 2.26. The predicted molar refractivity (Wildman–Crippen MR) is 116 cm³/mol. The van der Waals surface area contributed by atoms with Crippen LogP contribution in [0, 0.1) is 27.7 Å². The molecule has 0 bridgehead atoms.